The number of isocyanates is 1. The Labute approximate surface area is 99.3 Å². The summed E-state index contributed by atoms with van der Waals surface area (Å²) in [5, 5.41) is 7.89. The van der Waals surface area contributed by atoms with Crippen LogP contribution in [0.2, 0.25) is 0 Å². The highest BCUT2D eigenvalue weighted by molar-refractivity contribution is 5.86. The van der Waals surface area contributed by atoms with E-state index in [0.717, 1.165) is 0 Å². The van der Waals surface area contributed by atoms with Gasteiger partial charge in [0.2, 0.25) is 6.08 Å². The molecule has 0 saturated carbocycles. The fraction of sp³-hybridized carbons (Fsp3) is 0.364. The van der Waals surface area contributed by atoms with Crippen molar-refractivity contribution in [2.45, 2.75) is 13.8 Å². The smallest absolute Gasteiger partial charge is 0.333 e. The van der Waals surface area contributed by atoms with E-state index in [1.807, 2.05) is 0 Å². The van der Waals surface area contributed by atoms with Gasteiger partial charge in [0, 0.05) is 11.1 Å². The summed E-state index contributed by atoms with van der Waals surface area (Å²) in [7, 11) is 0. The number of carbonyl (C=O) groups excluding carboxylic acids is 2. The number of carbonyl (C=O) groups is 2. The number of ether oxygens (including phenoxy) is 1. The minimum Gasteiger partial charge on any atom is -0.478 e. The molecule has 94 valence electrons. The standard InChI is InChI=1S/C7H9NO3.C4H6O2/c1-6(2)7(10)11-4-3-8-5-9;1-3(2)4(5)6/h1,3-4H2,2H3;1H2,2H3,(H,5,6). The summed E-state index contributed by atoms with van der Waals surface area (Å²) in [6, 6.07) is 0. The van der Waals surface area contributed by atoms with Crippen molar-refractivity contribution >= 4 is 18.0 Å². The van der Waals surface area contributed by atoms with E-state index in [-0.39, 0.29) is 18.7 Å². The molecule has 0 rings (SSSR count). The van der Waals surface area contributed by atoms with Crippen LogP contribution in [0.5, 0.6) is 0 Å². The lowest BCUT2D eigenvalue weighted by Gasteiger charge is -1.99. The molecule has 0 aromatic carbocycles. The van der Waals surface area contributed by atoms with Gasteiger partial charge in [-0.05, 0) is 13.8 Å². The molecule has 0 spiro atoms. The van der Waals surface area contributed by atoms with Gasteiger partial charge in [-0.1, -0.05) is 13.2 Å². The van der Waals surface area contributed by atoms with Crippen molar-refractivity contribution in [2.24, 2.45) is 4.99 Å². The van der Waals surface area contributed by atoms with Crippen molar-refractivity contribution in [3.05, 3.63) is 24.3 Å². The predicted molar refractivity (Wildman–Crippen MR) is 61.2 cm³/mol. The highest BCUT2D eigenvalue weighted by Crippen LogP contribution is 1.90. The fourth-order valence-electron chi connectivity index (χ4n) is 0.353. The highest BCUT2D eigenvalue weighted by atomic mass is 16.5. The Kier molecular flexibility index (Phi) is 10.4. The van der Waals surface area contributed by atoms with Crippen LogP contribution in [0.25, 0.3) is 0 Å². The fourth-order valence-corrected chi connectivity index (χ4v) is 0.353. The third-order valence-electron chi connectivity index (χ3n) is 1.21. The summed E-state index contributed by atoms with van der Waals surface area (Å²) in [5.74, 6) is -1.40. The second-order valence-electron chi connectivity index (χ2n) is 2.97. The number of aliphatic carboxylic acids is 1. The van der Waals surface area contributed by atoms with Crippen LogP contribution < -0.4 is 0 Å². The van der Waals surface area contributed by atoms with E-state index >= 15 is 0 Å². The number of carboxylic acids is 1. The van der Waals surface area contributed by atoms with Gasteiger partial charge in [-0.3, -0.25) is 0 Å². The molecule has 0 radical (unpaired) electrons. The molecule has 0 aliphatic carbocycles. The van der Waals surface area contributed by atoms with Gasteiger partial charge in [-0.25, -0.2) is 19.4 Å². The largest absolute Gasteiger partial charge is 0.478 e. The molecule has 0 aromatic heterocycles. The first-order chi connectivity index (χ1) is 7.82. The van der Waals surface area contributed by atoms with E-state index in [0.29, 0.717) is 5.57 Å². The maximum absolute atomic E-state index is 10.6. The lowest BCUT2D eigenvalue weighted by molar-refractivity contribution is -0.138. The quantitative estimate of drug-likeness (QED) is 0.255. The van der Waals surface area contributed by atoms with Gasteiger partial charge in [0.15, 0.2) is 0 Å². The van der Waals surface area contributed by atoms with Crippen LogP contribution in [0.4, 0.5) is 0 Å². The summed E-state index contributed by atoms with van der Waals surface area (Å²) in [4.78, 5) is 33.0. The molecule has 6 nitrogen and oxygen atoms in total. The van der Waals surface area contributed by atoms with Gasteiger partial charge in [0.05, 0.1) is 6.54 Å². The molecule has 0 atom stereocenters. The minimum atomic E-state index is -0.935. The molecule has 0 aromatic rings. The average Bonchev–Trinajstić information content (AvgIpc) is 2.24. The van der Waals surface area contributed by atoms with E-state index < -0.39 is 11.9 Å². The zero-order valence-corrected chi connectivity index (χ0v) is 9.86. The second-order valence-corrected chi connectivity index (χ2v) is 2.97. The average molecular weight is 241 g/mol. The number of rotatable bonds is 5. The molecule has 0 heterocycles. The Hall–Kier alpha value is -2.20. The molecule has 0 aliphatic heterocycles. The van der Waals surface area contributed by atoms with E-state index in [1.165, 1.54) is 13.0 Å². The summed E-state index contributed by atoms with van der Waals surface area (Å²) in [6.07, 6.45) is 1.33. The summed E-state index contributed by atoms with van der Waals surface area (Å²) in [6.45, 7) is 9.77. The monoisotopic (exact) mass is 241 g/mol. The van der Waals surface area contributed by atoms with Gasteiger partial charge < -0.3 is 9.84 Å². The topological polar surface area (TPSA) is 93.0 Å². The third kappa shape index (κ3) is 13.8. The van der Waals surface area contributed by atoms with E-state index in [2.05, 4.69) is 22.9 Å². The van der Waals surface area contributed by atoms with Crippen LogP contribution in [0.1, 0.15) is 13.8 Å². The first kappa shape index (κ1) is 17.2. The van der Waals surface area contributed by atoms with Crippen molar-refractivity contribution in [2.75, 3.05) is 13.2 Å². The molecule has 0 aliphatic rings. The summed E-state index contributed by atoms with van der Waals surface area (Å²) >= 11 is 0. The normalized spacial score (nSPS) is 7.88. The van der Waals surface area contributed by atoms with E-state index in [1.54, 1.807) is 6.92 Å². The van der Waals surface area contributed by atoms with Crippen molar-refractivity contribution < 1.29 is 24.2 Å². The maximum atomic E-state index is 10.6. The molecular formula is C11H15NO5. The van der Waals surface area contributed by atoms with Crippen LogP contribution >= 0.6 is 0 Å². The number of hydrogen-bond acceptors (Lipinski definition) is 5. The molecule has 0 fully saturated rings. The molecule has 6 heteroatoms. The van der Waals surface area contributed by atoms with Crippen LogP contribution in [-0.2, 0) is 19.1 Å². The minimum absolute atomic E-state index is 0.0981. The van der Waals surface area contributed by atoms with E-state index in [9.17, 15) is 14.4 Å². The highest BCUT2D eigenvalue weighted by Gasteiger charge is 2.00. The van der Waals surface area contributed by atoms with Crippen molar-refractivity contribution in [1.82, 2.24) is 0 Å². The number of nitrogens with zero attached hydrogens (tertiary/aromatic N) is 1. The Morgan fingerprint density at radius 1 is 1.29 bits per heavy atom. The number of aliphatic imine (C=N–C) groups is 1. The second kappa shape index (κ2) is 10.3. The maximum Gasteiger partial charge on any atom is 0.333 e. The van der Waals surface area contributed by atoms with Crippen LogP contribution in [0, 0.1) is 0 Å². The number of esters is 1. The Balaban J connectivity index is 0. The predicted octanol–water partition coefficient (Wildman–Crippen LogP) is 1.09. The van der Waals surface area contributed by atoms with Gasteiger partial charge in [-0.15, -0.1) is 0 Å². The summed E-state index contributed by atoms with van der Waals surface area (Å²) in [5.41, 5.74) is 0.509. The van der Waals surface area contributed by atoms with Crippen molar-refractivity contribution in [3.63, 3.8) is 0 Å². The summed E-state index contributed by atoms with van der Waals surface area (Å²) < 4.78 is 4.59. The Bertz CT molecular complexity index is 341. The molecule has 17 heavy (non-hydrogen) atoms. The number of hydrogen-bond donors (Lipinski definition) is 1. The van der Waals surface area contributed by atoms with Gasteiger partial charge in [0.1, 0.15) is 6.61 Å². The molecule has 0 amide bonds. The molecule has 0 unspecified atom stereocenters. The molecule has 0 saturated heterocycles. The van der Waals surface area contributed by atoms with Crippen molar-refractivity contribution in [3.8, 4) is 0 Å². The van der Waals surface area contributed by atoms with Crippen molar-refractivity contribution in [1.29, 1.82) is 0 Å². The van der Waals surface area contributed by atoms with Crippen LogP contribution in [0.3, 0.4) is 0 Å². The van der Waals surface area contributed by atoms with Gasteiger partial charge >= 0.3 is 11.9 Å². The molecule has 0 bridgehead atoms. The first-order valence-electron chi connectivity index (χ1n) is 4.58. The lowest BCUT2D eigenvalue weighted by Crippen LogP contribution is -2.07. The Morgan fingerprint density at radius 3 is 2.06 bits per heavy atom. The molecular weight excluding hydrogens is 226 g/mol. The third-order valence-corrected chi connectivity index (χ3v) is 1.21. The number of carboxylic acid groups (broad SMARTS) is 1. The lowest BCUT2D eigenvalue weighted by atomic mass is 10.4. The van der Waals surface area contributed by atoms with Crippen LogP contribution in [0.15, 0.2) is 29.3 Å². The SMILES string of the molecule is C=C(C)C(=O)O.C=C(C)C(=O)OCCN=C=O. The first-order valence-corrected chi connectivity index (χ1v) is 4.58. The van der Waals surface area contributed by atoms with Crippen LogP contribution in [-0.4, -0.2) is 36.3 Å². The van der Waals surface area contributed by atoms with E-state index in [4.69, 9.17) is 5.11 Å². The zero-order valence-electron chi connectivity index (χ0n) is 9.86. The Morgan fingerprint density at radius 2 is 1.76 bits per heavy atom. The molecule has 1 N–H and O–H groups in total. The van der Waals surface area contributed by atoms with Gasteiger partial charge in [0.25, 0.3) is 0 Å². The zero-order chi connectivity index (χ0) is 13.8. The van der Waals surface area contributed by atoms with Gasteiger partial charge in [-0.2, -0.15) is 0 Å².